The fraction of sp³-hybridized carbons (Fsp3) is 0.714. The first-order valence-corrected chi connectivity index (χ1v) is 6.75. The molecule has 0 saturated carbocycles. The molecule has 0 bridgehead atoms. The normalized spacial score (nSPS) is 25.7. The van der Waals surface area contributed by atoms with Gasteiger partial charge in [0.15, 0.2) is 0 Å². The van der Waals surface area contributed by atoms with Crippen LogP contribution in [0, 0.1) is 6.92 Å². The topological polar surface area (TPSA) is 51.6 Å². The number of nitrogens with zero attached hydrogens (tertiary/aromatic N) is 1. The van der Waals surface area contributed by atoms with Gasteiger partial charge in [-0.2, -0.15) is 0 Å². The largest absolute Gasteiger partial charge is 0.465 e. The average Bonchev–Trinajstić information content (AvgIpc) is 2.58. The number of ether oxygens (including phenoxy) is 1. The molecule has 4 nitrogen and oxygen atoms in total. The summed E-state index contributed by atoms with van der Waals surface area (Å²) >= 11 is 0. The molecule has 0 radical (unpaired) electrons. The van der Waals surface area contributed by atoms with Crippen LogP contribution in [0.2, 0.25) is 0 Å². The van der Waals surface area contributed by atoms with Crippen molar-refractivity contribution in [3.05, 3.63) is 23.7 Å². The smallest absolute Gasteiger partial charge is 0.122 e. The van der Waals surface area contributed by atoms with Crippen molar-refractivity contribution < 1.29 is 9.15 Å². The van der Waals surface area contributed by atoms with Crippen LogP contribution in [0.5, 0.6) is 0 Å². The molecule has 1 aromatic heterocycles. The minimum atomic E-state index is 0.0425. The van der Waals surface area contributed by atoms with E-state index in [1.807, 2.05) is 26.0 Å². The lowest BCUT2D eigenvalue weighted by molar-refractivity contribution is 0.0555. The second-order valence-corrected chi connectivity index (χ2v) is 5.28. The highest BCUT2D eigenvalue weighted by Gasteiger charge is 2.29. The maximum atomic E-state index is 6.16. The maximum absolute atomic E-state index is 6.16. The third-order valence-corrected chi connectivity index (χ3v) is 3.43. The monoisotopic (exact) mass is 252 g/mol. The highest BCUT2D eigenvalue weighted by Crippen LogP contribution is 2.27. The van der Waals surface area contributed by atoms with Crippen LogP contribution >= 0.6 is 0 Å². The maximum Gasteiger partial charge on any atom is 0.122 e. The van der Waals surface area contributed by atoms with E-state index in [4.69, 9.17) is 14.9 Å². The lowest BCUT2D eigenvalue weighted by Crippen LogP contribution is -2.42. The molecule has 4 heteroatoms. The summed E-state index contributed by atoms with van der Waals surface area (Å²) in [5, 5.41) is 0. The van der Waals surface area contributed by atoms with Gasteiger partial charge >= 0.3 is 0 Å². The molecule has 1 aliphatic rings. The Balaban J connectivity index is 2.18. The first-order valence-electron chi connectivity index (χ1n) is 6.75. The summed E-state index contributed by atoms with van der Waals surface area (Å²) in [6.07, 6.45) is 1.30. The van der Waals surface area contributed by atoms with Crippen LogP contribution in [0.25, 0.3) is 0 Å². The number of hydrogen-bond donors (Lipinski definition) is 1. The van der Waals surface area contributed by atoms with Gasteiger partial charge in [-0.3, -0.25) is 4.90 Å². The Hall–Kier alpha value is -0.840. The molecule has 0 aromatic carbocycles. The van der Waals surface area contributed by atoms with Crippen molar-refractivity contribution in [3.63, 3.8) is 0 Å². The SMILES string of the molecule is Cc1ccc(C(C(C)N)N2CCCOC(C)C2)o1. The highest BCUT2D eigenvalue weighted by atomic mass is 16.5. The van der Waals surface area contributed by atoms with Crippen LogP contribution in [0.1, 0.15) is 37.8 Å². The van der Waals surface area contributed by atoms with Crippen LogP contribution in [0.4, 0.5) is 0 Å². The average molecular weight is 252 g/mol. The Labute approximate surface area is 109 Å². The summed E-state index contributed by atoms with van der Waals surface area (Å²) in [6, 6.07) is 4.23. The van der Waals surface area contributed by atoms with E-state index < -0.39 is 0 Å². The van der Waals surface area contributed by atoms with Crippen molar-refractivity contribution in [1.82, 2.24) is 4.90 Å². The van der Waals surface area contributed by atoms with Gasteiger partial charge in [0.05, 0.1) is 12.1 Å². The zero-order valence-electron chi connectivity index (χ0n) is 11.6. The van der Waals surface area contributed by atoms with Gasteiger partial charge in [0, 0.05) is 25.7 Å². The van der Waals surface area contributed by atoms with E-state index in [9.17, 15) is 0 Å². The van der Waals surface area contributed by atoms with Gasteiger partial charge in [0.1, 0.15) is 11.5 Å². The number of furan rings is 1. The fourth-order valence-electron chi connectivity index (χ4n) is 2.66. The molecule has 2 rings (SSSR count). The third-order valence-electron chi connectivity index (χ3n) is 3.43. The summed E-state index contributed by atoms with van der Waals surface area (Å²) < 4.78 is 11.5. The molecule has 1 aromatic rings. The van der Waals surface area contributed by atoms with Gasteiger partial charge in [0.25, 0.3) is 0 Å². The predicted octanol–water partition coefficient (Wildman–Crippen LogP) is 2.09. The molecule has 0 spiro atoms. The molecule has 3 atom stereocenters. The molecule has 2 heterocycles. The number of hydrogen-bond acceptors (Lipinski definition) is 4. The Bertz CT molecular complexity index is 376. The minimum Gasteiger partial charge on any atom is -0.465 e. The van der Waals surface area contributed by atoms with Crippen LogP contribution in [-0.4, -0.2) is 36.7 Å². The Morgan fingerprint density at radius 3 is 2.83 bits per heavy atom. The van der Waals surface area contributed by atoms with Gasteiger partial charge in [0.2, 0.25) is 0 Å². The van der Waals surface area contributed by atoms with Crippen LogP contribution < -0.4 is 5.73 Å². The summed E-state index contributed by atoms with van der Waals surface area (Å²) in [5.74, 6) is 1.91. The van der Waals surface area contributed by atoms with Crippen LogP contribution in [0.3, 0.4) is 0 Å². The summed E-state index contributed by atoms with van der Waals surface area (Å²) in [5.41, 5.74) is 6.16. The summed E-state index contributed by atoms with van der Waals surface area (Å²) in [6.45, 7) is 8.88. The standard InChI is InChI=1S/C14H24N2O2/c1-10-5-6-13(18-10)14(12(3)15)16-7-4-8-17-11(2)9-16/h5-6,11-12,14H,4,7-9,15H2,1-3H3. The highest BCUT2D eigenvalue weighted by molar-refractivity contribution is 5.12. The van der Waals surface area contributed by atoms with E-state index in [0.717, 1.165) is 37.6 Å². The first kappa shape index (κ1) is 13.6. The predicted molar refractivity (Wildman–Crippen MR) is 71.4 cm³/mol. The molecule has 102 valence electrons. The van der Waals surface area contributed by atoms with Crippen molar-refractivity contribution in [2.45, 2.75) is 45.4 Å². The van der Waals surface area contributed by atoms with E-state index in [1.54, 1.807) is 0 Å². The Morgan fingerprint density at radius 2 is 2.22 bits per heavy atom. The van der Waals surface area contributed by atoms with Crippen molar-refractivity contribution in [2.24, 2.45) is 5.73 Å². The number of rotatable bonds is 3. The summed E-state index contributed by atoms with van der Waals surface area (Å²) in [4.78, 5) is 2.39. The molecule has 0 aliphatic carbocycles. The zero-order valence-corrected chi connectivity index (χ0v) is 11.6. The molecule has 1 aliphatic heterocycles. The number of aryl methyl sites for hydroxylation is 1. The Kier molecular flexibility index (Phi) is 4.43. The minimum absolute atomic E-state index is 0.0425. The Morgan fingerprint density at radius 1 is 1.44 bits per heavy atom. The molecular formula is C14H24N2O2. The van der Waals surface area contributed by atoms with E-state index >= 15 is 0 Å². The van der Waals surface area contributed by atoms with Crippen molar-refractivity contribution in [3.8, 4) is 0 Å². The fourth-order valence-corrected chi connectivity index (χ4v) is 2.66. The molecule has 3 unspecified atom stereocenters. The second kappa shape index (κ2) is 5.87. The second-order valence-electron chi connectivity index (χ2n) is 5.28. The van der Waals surface area contributed by atoms with Crippen molar-refractivity contribution in [2.75, 3.05) is 19.7 Å². The van der Waals surface area contributed by atoms with Gasteiger partial charge in [-0.05, 0) is 39.3 Å². The van der Waals surface area contributed by atoms with E-state index in [-0.39, 0.29) is 18.2 Å². The molecule has 18 heavy (non-hydrogen) atoms. The van der Waals surface area contributed by atoms with E-state index in [0.29, 0.717) is 0 Å². The molecule has 0 amide bonds. The van der Waals surface area contributed by atoms with Gasteiger partial charge in [-0.1, -0.05) is 0 Å². The lowest BCUT2D eigenvalue weighted by atomic mass is 10.1. The van der Waals surface area contributed by atoms with E-state index in [2.05, 4.69) is 11.8 Å². The van der Waals surface area contributed by atoms with Crippen molar-refractivity contribution >= 4 is 0 Å². The van der Waals surface area contributed by atoms with E-state index in [1.165, 1.54) is 0 Å². The van der Waals surface area contributed by atoms with Gasteiger partial charge < -0.3 is 14.9 Å². The van der Waals surface area contributed by atoms with Crippen molar-refractivity contribution in [1.29, 1.82) is 0 Å². The van der Waals surface area contributed by atoms with Gasteiger partial charge in [-0.25, -0.2) is 0 Å². The van der Waals surface area contributed by atoms with Gasteiger partial charge in [-0.15, -0.1) is 0 Å². The molecular weight excluding hydrogens is 228 g/mol. The third kappa shape index (κ3) is 3.13. The summed E-state index contributed by atoms with van der Waals surface area (Å²) in [7, 11) is 0. The molecule has 1 saturated heterocycles. The first-order chi connectivity index (χ1) is 8.58. The zero-order chi connectivity index (χ0) is 13.1. The number of nitrogens with two attached hydrogens (primary N) is 1. The van der Waals surface area contributed by atoms with Crippen LogP contribution in [-0.2, 0) is 4.74 Å². The van der Waals surface area contributed by atoms with Crippen LogP contribution in [0.15, 0.2) is 16.5 Å². The molecule has 2 N–H and O–H groups in total. The molecule has 1 fully saturated rings. The quantitative estimate of drug-likeness (QED) is 0.895. The lowest BCUT2D eigenvalue weighted by Gasteiger charge is -2.32.